The molecule has 0 aromatic carbocycles. The van der Waals surface area contributed by atoms with Crippen LogP contribution in [0.1, 0.15) is 13.8 Å². The second-order valence-electron chi connectivity index (χ2n) is 1.37. The molecule has 0 saturated carbocycles. The van der Waals surface area contributed by atoms with Crippen molar-refractivity contribution in [1.29, 1.82) is 0 Å². The molecule has 0 rings (SSSR count). The van der Waals surface area contributed by atoms with Gasteiger partial charge in [0.1, 0.15) is 0 Å². The quantitative estimate of drug-likeness (QED) is 0.581. The molecular weight excluding hydrogens is 144 g/mol. The molecule has 0 saturated heterocycles. The second-order valence-corrected chi connectivity index (χ2v) is 3.25. The summed E-state index contributed by atoms with van der Waals surface area (Å²) in [7, 11) is -1.61. The maximum atomic E-state index is 10.4. The molecule has 0 spiro atoms. The van der Waals surface area contributed by atoms with Gasteiger partial charge >= 0.3 is 7.30 Å². The Hall–Kier alpha value is 0.350. The van der Waals surface area contributed by atoms with Crippen LogP contribution in [0.5, 0.6) is 0 Å². The van der Waals surface area contributed by atoms with Gasteiger partial charge < -0.3 is 0 Å². The average Bonchev–Trinajstić information content (AvgIpc) is 1.69. The topological polar surface area (TPSA) is 20.3 Å². The van der Waals surface area contributed by atoms with Crippen molar-refractivity contribution < 1.29 is 4.57 Å². The molecule has 2 nitrogen and oxygen atoms in total. The van der Waals surface area contributed by atoms with Gasteiger partial charge in [-0.1, -0.05) is 4.67 Å². The summed E-state index contributed by atoms with van der Waals surface area (Å²) in [6.07, 6.45) is 0. The van der Waals surface area contributed by atoms with Crippen LogP contribution < -0.4 is 0 Å². The molecule has 0 radical (unpaired) electrons. The molecule has 48 valence electrons. The molecule has 0 bridgehead atoms. The molecule has 0 aromatic heterocycles. The normalized spacial score (nSPS) is 12.2. The van der Waals surface area contributed by atoms with Crippen molar-refractivity contribution in [1.82, 2.24) is 4.67 Å². The van der Waals surface area contributed by atoms with Crippen LogP contribution in [0.2, 0.25) is 0 Å². The van der Waals surface area contributed by atoms with E-state index >= 15 is 0 Å². The molecule has 0 amide bonds. The molecule has 0 aliphatic heterocycles. The van der Waals surface area contributed by atoms with Crippen molar-refractivity contribution in [2.24, 2.45) is 0 Å². The molecule has 4 heteroatoms. The number of hydrogen-bond acceptors (Lipinski definition) is 1. The Morgan fingerprint density at radius 2 is 1.88 bits per heavy atom. The Morgan fingerprint density at radius 1 is 1.50 bits per heavy atom. The summed E-state index contributed by atoms with van der Waals surface area (Å²) in [5, 5.41) is 0. The number of hydrogen-bond donors (Lipinski definition) is 0. The lowest BCUT2D eigenvalue weighted by atomic mass is 10.7. The molecule has 0 aliphatic rings. The molecule has 0 N–H and O–H groups in total. The molecule has 8 heavy (non-hydrogen) atoms. The van der Waals surface area contributed by atoms with Gasteiger partial charge in [-0.25, -0.2) is 0 Å². The zero-order valence-electron chi connectivity index (χ0n) is 5.09. The smallest absolute Gasteiger partial charge is 0.0806 e. The van der Waals surface area contributed by atoms with Gasteiger partial charge in [0.15, 0.2) is 0 Å². The first-order chi connectivity index (χ1) is 3.72. The standard InChI is InChI=1S/C4H10ClNOP/c1-3-6(4-2)8(5)7/h3-4H2,1-2H3/q+1. The minimum atomic E-state index is -1.61. The van der Waals surface area contributed by atoms with Crippen LogP contribution in [-0.2, 0) is 4.57 Å². The largest absolute Gasteiger partial charge is 0.556 e. The van der Waals surface area contributed by atoms with Crippen LogP contribution in [0, 0.1) is 0 Å². The molecule has 0 aromatic rings. The van der Waals surface area contributed by atoms with E-state index in [4.69, 9.17) is 11.2 Å². The lowest BCUT2D eigenvalue weighted by Crippen LogP contribution is -2.11. The lowest BCUT2D eigenvalue weighted by Gasteiger charge is -1.97. The van der Waals surface area contributed by atoms with Crippen LogP contribution in [0.4, 0.5) is 0 Å². The maximum Gasteiger partial charge on any atom is 0.556 e. The fraction of sp³-hybridized carbons (Fsp3) is 1.00. The predicted octanol–water partition coefficient (Wildman–Crippen LogP) is 2.22. The highest BCUT2D eigenvalue weighted by Crippen LogP contribution is 2.30. The van der Waals surface area contributed by atoms with Crippen molar-refractivity contribution in [2.75, 3.05) is 13.1 Å². The number of nitrogens with zero attached hydrogens (tertiary/aromatic N) is 1. The third-order valence-electron chi connectivity index (χ3n) is 0.952. The summed E-state index contributed by atoms with van der Waals surface area (Å²) in [6, 6.07) is 0. The summed E-state index contributed by atoms with van der Waals surface area (Å²) >= 11 is 5.28. The van der Waals surface area contributed by atoms with Gasteiger partial charge in [-0.3, -0.25) is 0 Å². The van der Waals surface area contributed by atoms with Crippen molar-refractivity contribution >= 4 is 18.5 Å². The third kappa shape index (κ3) is 2.61. The third-order valence-corrected chi connectivity index (χ3v) is 2.60. The first-order valence-corrected chi connectivity index (χ1v) is 4.72. The average molecular weight is 155 g/mol. The van der Waals surface area contributed by atoms with E-state index in [1.165, 1.54) is 0 Å². The van der Waals surface area contributed by atoms with Crippen LogP contribution in [0.25, 0.3) is 0 Å². The second kappa shape index (κ2) is 4.25. The van der Waals surface area contributed by atoms with Gasteiger partial charge in [-0.2, -0.15) is 0 Å². The van der Waals surface area contributed by atoms with Crippen LogP contribution in [0.15, 0.2) is 0 Å². The Labute approximate surface area is 55.5 Å². The molecule has 0 fully saturated rings. The van der Waals surface area contributed by atoms with E-state index in [-0.39, 0.29) is 0 Å². The minimum Gasteiger partial charge on any atom is -0.0806 e. The fourth-order valence-corrected chi connectivity index (χ4v) is 1.53. The number of halogens is 1. The van der Waals surface area contributed by atoms with Gasteiger partial charge in [-0.05, 0) is 18.4 Å². The van der Waals surface area contributed by atoms with E-state index < -0.39 is 7.30 Å². The molecule has 0 aliphatic carbocycles. The fourth-order valence-electron chi connectivity index (χ4n) is 0.446. The zero-order valence-corrected chi connectivity index (χ0v) is 6.75. The van der Waals surface area contributed by atoms with E-state index in [0.717, 1.165) is 13.1 Å². The van der Waals surface area contributed by atoms with Gasteiger partial charge in [0, 0.05) is 13.1 Å². The minimum absolute atomic E-state index is 0.759. The Bertz CT molecular complexity index is 84.1. The van der Waals surface area contributed by atoms with E-state index in [9.17, 15) is 4.57 Å². The van der Waals surface area contributed by atoms with Crippen LogP contribution in [-0.4, -0.2) is 17.8 Å². The van der Waals surface area contributed by atoms with Gasteiger partial charge in [0.25, 0.3) is 0 Å². The Kier molecular flexibility index (Phi) is 4.44. The van der Waals surface area contributed by atoms with E-state index in [0.29, 0.717) is 0 Å². The first kappa shape index (κ1) is 8.35. The summed E-state index contributed by atoms with van der Waals surface area (Å²) < 4.78 is 12.1. The van der Waals surface area contributed by atoms with Crippen molar-refractivity contribution in [3.05, 3.63) is 0 Å². The van der Waals surface area contributed by atoms with Crippen molar-refractivity contribution in [2.45, 2.75) is 13.8 Å². The van der Waals surface area contributed by atoms with Gasteiger partial charge in [0.2, 0.25) is 11.2 Å². The zero-order chi connectivity index (χ0) is 6.57. The predicted molar refractivity (Wildman–Crippen MR) is 36.4 cm³/mol. The SMILES string of the molecule is CCN(CC)[P+](=O)Cl. The molecule has 0 heterocycles. The van der Waals surface area contributed by atoms with Crippen molar-refractivity contribution in [3.63, 3.8) is 0 Å². The molecular formula is C4H10ClNOP+. The summed E-state index contributed by atoms with van der Waals surface area (Å²) in [5.41, 5.74) is 0. The van der Waals surface area contributed by atoms with Crippen LogP contribution >= 0.6 is 18.5 Å². The van der Waals surface area contributed by atoms with E-state index in [2.05, 4.69) is 0 Å². The van der Waals surface area contributed by atoms with E-state index in [1.807, 2.05) is 13.8 Å². The molecule has 1 atom stereocenters. The van der Waals surface area contributed by atoms with Gasteiger partial charge in [-0.15, -0.1) is 0 Å². The number of rotatable bonds is 3. The first-order valence-electron chi connectivity index (χ1n) is 2.60. The van der Waals surface area contributed by atoms with Crippen molar-refractivity contribution in [3.8, 4) is 0 Å². The van der Waals surface area contributed by atoms with Gasteiger partial charge in [0.05, 0.1) is 0 Å². The van der Waals surface area contributed by atoms with Crippen LogP contribution in [0.3, 0.4) is 0 Å². The molecule has 1 unspecified atom stereocenters. The summed E-state index contributed by atoms with van der Waals surface area (Å²) in [5.74, 6) is 0. The highest BCUT2D eigenvalue weighted by atomic mass is 35.7. The maximum absolute atomic E-state index is 10.4. The Morgan fingerprint density at radius 3 is 1.88 bits per heavy atom. The highest BCUT2D eigenvalue weighted by molar-refractivity contribution is 7.71. The lowest BCUT2D eigenvalue weighted by molar-refractivity contribution is 0.471. The Balaban J connectivity index is 3.52. The van der Waals surface area contributed by atoms with E-state index in [1.54, 1.807) is 4.67 Å². The summed E-state index contributed by atoms with van der Waals surface area (Å²) in [6.45, 7) is 5.38. The highest BCUT2D eigenvalue weighted by Gasteiger charge is 2.20. The monoisotopic (exact) mass is 154 g/mol. The summed E-state index contributed by atoms with van der Waals surface area (Å²) in [4.78, 5) is 0.